The lowest BCUT2D eigenvalue weighted by Gasteiger charge is -2.32. The van der Waals surface area contributed by atoms with Crippen molar-refractivity contribution in [1.29, 1.82) is 0 Å². The molecule has 0 aliphatic carbocycles. The second-order valence-electron chi connectivity index (χ2n) is 7.70. The van der Waals surface area contributed by atoms with Crippen LogP contribution in [0.2, 0.25) is 0 Å². The van der Waals surface area contributed by atoms with Crippen molar-refractivity contribution in [2.45, 2.75) is 6.92 Å². The molecule has 0 atom stereocenters. The number of fused-ring (bicyclic) bond motifs is 2. The van der Waals surface area contributed by atoms with Crippen molar-refractivity contribution >= 4 is 27.5 Å². The first-order valence-electron chi connectivity index (χ1n) is 9.42. The maximum atomic E-state index is 14.2. The highest BCUT2D eigenvalue weighted by molar-refractivity contribution is 5.94. The van der Waals surface area contributed by atoms with Gasteiger partial charge in [0.2, 0.25) is 0 Å². The van der Waals surface area contributed by atoms with Gasteiger partial charge in [0.05, 0.1) is 39.3 Å². The molecule has 164 valence electrons. The fraction of sp³-hybridized carbons (Fsp3) is 0.381. The highest BCUT2D eigenvalue weighted by Gasteiger charge is 2.22. The molecule has 0 saturated carbocycles. The average molecular weight is 490 g/mol. The van der Waals surface area contributed by atoms with Gasteiger partial charge in [-0.2, -0.15) is 0 Å². The molecule has 0 radical (unpaired) electrons. The summed E-state index contributed by atoms with van der Waals surface area (Å²) < 4.78 is 56.0. The van der Waals surface area contributed by atoms with Crippen molar-refractivity contribution < 1.29 is 44.1 Å². The molecule has 1 aromatic heterocycles. The van der Waals surface area contributed by atoms with Crippen LogP contribution in [0.5, 0.6) is 0 Å². The fourth-order valence-electron chi connectivity index (χ4n) is 3.35. The molecule has 9 heteroatoms. The molecule has 0 spiro atoms. The molecule has 0 aliphatic heterocycles. The molecular formula is C21H24BrF4N3O. The molecule has 1 heterocycles. The van der Waals surface area contributed by atoms with Gasteiger partial charge < -0.3 is 31.5 Å². The van der Waals surface area contributed by atoms with Crippen LogP contribution in [-0.2, 0) is 0 Å². The molecule has 3 aromatic rings. The number of likely N-dealkylation sites (N-methyl/N-ethyl adjacent to an activating group) is 2. The number of aliphatic hydroxyl groups excluding tert-OH is 1. The van der Waals surface area contributed by atoms with E-state index in [1.807, 2.05) is 27.1 Å². The second-order valence-corrected chi connectivity index (χ2v) is 7.70. The third-order valence-corrected chi connectivity index (χ3v) is 5.25. The Balaban J connectivity index is 0.00000320. The monoisotopic (exact) mass is 489 g/mol. The van der Waals surface area contributed by atoms with Crippen LogP contribution in [0.4, 0.5) is 23.2 Å². The molecule has 2 aromatic carbocycles. The van der Waals surface area contributed by atoms with E-state index in [1.54, 1.807) is 12.1 Å². The summed E-state index contributed by atoms with van der Waals surface area (Å²) in [5.74, 6) is -6.65. The zero-order valence-corrected chi connectivity index (χ0v) is 18.6. The number of anilines is 1. The van der Waals surface area contributed by atoms with Crippen LogP contribution in [0.25, 0.3) is 21.8 Å². The van der Waals surface area contributed by atoms with E-state index in [-0.39, 0.29) is 23.6 Å². The van der Waals surface area contributed by atoms with Crippen molar-refractivity contribution in [1.82, 2.24) is 4.98 Å². The number of benzene rings is 2. The Hall–Kier alpha value is -1.97. The highest BCUT2D eigenvalue weighted by atomic mass is 79.9. The Morgan fingerprint density at radius 3 is 2.27 bits per heavy atom. The van der Waals surface area contributed by atoms with E-state index in [4.69, 9.17) is 0 Å². The summed E-state index contributed by atoms with van der Waals surface area (Å²) in [7, 11) is 4.07. The normalized spacial score (nSPS) is 11.7. The van der Waals surface area contributed by atoms with Crippen LogP contribution in [0, 0.1) is 23.3 Å². The van der Waals surface area contributed by atoms with Crippen LogP contribution in [0.1, 0.15) is 6.92 Å². The summed E-state index contributed by atoms with van der Waals surface area (Å²) in [5.41, 5.74) is 0.684. The molecule has 0 bridgehead atoms. The zero-order valence-electron chi connectivity index (χ0n) is 17.0. The molecule has 0 fully saturated rings. The third kappa shape index (κ3) is 4.68. The number of halogens is 5. The lowest BCUT2D eigenvalue weighted by Crippen LogP contribution is -3.00. The maximum Gasteiger partial charge on any atom is 0.199 e. The summed E-state index contributed by atoms with van der Waals surface area (Å²) >= 11 is 0. The molecular weight excluding hydrogens is 466 g/mol. The first kappa shape index (κ1) is 24.3. The Bertz CT molecular complexity index is 1060. The molecule has 30 heavy (non-hydrogen) atoms. The van der Waals surface area contributed by atoms with Crippen molar-refractivity contribution in [3.8, 4) is 0 Å². The topological polar surface area (TPSA) is 36.4 Å². The average Bonchev–Trinajstić information content (AvgIpc) is 2.69. The maximum absolute atomic E-state index is 14.2. The van der Waals surface area contributed by atoms with Crippen molar-refractivity contribution in [3.05, 3.63) is 47.5 Å². The van der Waals surface area contributed by atoms with E-state index in [0.717, 1.165) is 18.8 Å². The number of quaternary nitrogens is 1. The van der Waals surface area contributed by atoms with Crippen molar-refractivity contribution in [2.75, 3.05) is 51.8 Å². The first-order valence-corrected chi connectivity index (χ1v) is 9.42. The lowest BCUT2D eigenvalue weighted by molar-refractivity contribution is -0.889. The number of aromatic nitrogens is 1. The molecule has 4 nitrogen and oxygen atoms in total. The largest absolute Gasteiger partial charge is 1.00 e. The van der Waals surface area contributed by atoms with Crippen LogP contribution in [0.15, 0.2) is 24.3 Å². The van der Waals surface area contributed by atoms with E-state index < -0.39 is 34.2 Å². The van der Waals surface area contributed by atoms with Gasteiger partial charge in [0, 0.05) is 23.0 Å². The van der Waals surface area contributed by atoms with Gasteiger partial charge in [0.15, 0.2) is 23.3 Å². The van der Waals surface area contributed by atoms with E-state index in [9.17, 15) is 22.7 Å². The Labute approximate surface area is 183 Å². The van der Waals surface area contributed by atoms with Gasteiger partial charge in [-0.3, -0.25) is 0 Å². The molecule has 0 saturated heterocycles. The van der Waals surface area contributed by atoms with Gasteiger partial charge >= 0.3 is 0 Å². The molecule has 0 aliphatic rings. The van der Waals surface area contributed by atoms with Gasteiger partial charge in [-0.1, -0.05) is 0 Å². The summed E-state index contributed by atoms with van der Waals surface area (Å²) in [6.07, 6.45) is 0. The van der Waals surface area contributed by atoms with Gasteiger partial charge in [-0.15, -0.1) is 0 Å². The van der Waals surface area contributed by atoms with E-state index in [2.05, 4.69) is 9.88 Å². The quantitative estimate of drug-likeness (QED) is 0.176. The van der Waals surface area contributed by atoms with E-state index in [0.29, 0.717) is 28.5 Å². The number of aliphatic hydroxyl groups is 1. The van der Waals surface area contributed by atoms with E-state index >= 15 is 0 Å². The standard InChI is InChI=1S/C21H24F4N3O.BrH/c1-4-27(7-8-28(2,3)9-10-29)14-5-6-16-13(11-14)12-15-17(22)18(23)19(24)20(25)21(15)26-16;/h5-6,11-12,29H,4,7-10H2,1-3H3;1H/q+1;/p-1. The highest BCUT2D eigenvalue weighted by Crippen LogP contribution is 2.30. The number of rotatable bonds is 7. The van der Waals surface area contributed by atoms with Crippen molar-refractivity contribution in [3.63, 3.8) is 0 Å². The summed E-state index contributed by atoms with van der Waals surface area (Å²) in [6, 6.07) is 6.53. The van der Waals surface area contributed by atoms with Gasteiger partial charge in [-0.25, -0.2) is 22.5 Å². The fourth-order valence-corrected chi connectivity index (χ4v) is 3.35. The predicted molar refractivity (Wildman–Crippen MR) is 106 cm³/mol. The van der Waals surface area contributed by atoms with Gasteiger partial charge in [0.25, 0.3) is 0 Å². The Morgan fingerprint density at radius 1 is 0.967 bits per heavy atom. The molecule has 3 rings (SSSR count). The van der Waals surface area contributed by atoms with Crippen LogP contribution >= 0.6 is 0 Å². The Kier molecular flexibility index (Phi) is 7.65. The predicted octanol–water partition coefficient (Wildman–Crippen LogP) is 0.843. The molecule has 1 N–H and O–H groups in total. The zero-order chi connectivity index (χ0) is 21.3. The second kappa shape index (κ2) is 9.45. The number of nitrogens with zero attached hydrogens (tertiary/aromatic N) is 3. The SMILES string of the molecule is CCN(CC[N+](C)(C)CCO)c1ccc2nc3c(F)c(F)c(F)c(F)c3cc2c1.[Br-]. The van der Waals surface area contributed by atoms with Crippen molar-refractivity contribution in [2.24, 2.45) is 0 Å². The lowest BCUT2D eigenvalue weighted by atomic mass is 10.1. The Morgan fingerprint density at radius 2 is 1.63 bits per heavy atom. The minimum Gasteiger partial charge on any atom is -1.00 e. The van der Waals surface area contributed by atoms with Crippen LogP contribution in [0.3, 0.4) is 0 Å². The smallest absolute Gasteiger partial charge is 0.199 e. The molecule has 0 unspecified atom stereocenters. The molecule has 0 amide bonds. The summed E-state index contributed by atoms with van der Waals surface area (Å²) in [5, 5.41) is 9.29. The third-order valence-electron chi connectivity index (χ3n) is 5.25. The minimum atomic E-state index is -1.86. The summed E-state index contributed by atoms with van der Waals surface area (Å²) in [4.78, 5) is 6.12. The van der Waals surface area contributed by atoms with Crippen LogP contribution in [-0.4, -0.2) is 61.5 Å². The van der Waals surface area contributed by atoms with Crippen LogP contribution < -0.4 is 21.9 Å². The first-order chi connectivity index (χ1) is 13.7. The van der Waals surface area contributed by atoms with E-state index in [1.165, 1.54) is 6.07 Å². The van der Waals surface area contributed by atoms with Gasteiger partial charge in [0.1, 0.15) is 12.1 Å². The number of pyridine rings is 1. The van der Waals surface area contributed by atoms with Gasteiger partial charge in [-0.05, 0) is 31.2 Å². The number of hydrogen-bond acceptors (Lipinski definition) is 3. The minimum absolute atomic E-state index is 0. The number of hydrogen-bond donors (Lipinski definition) is 1. The summed E-state index contributed by atoms with van der Waals surface area (Å²) in [6.45, 7) is 4.98.